The van der Waals surface area contributed by atoms with E-state index in [1.807, 2.05) is 60.0 Å². The minimum Gasteiger partial charge on any atom is -0.300 e. The van der Waals surface area contributed by atoms with Gasteiger partial charge < -0.3 is 0 Å². The maximum absolute atomic E-state index is 11.2. The highest BCUT2D eigenvalue weighted by molar-refractivity contribution is 6.34. The van der Waals surface area contributed by atoms with E-state index >= 15 is 0 Å². The van der Waals surface area contributed by atoms with Gasteiger partial charge in [0.15, 0.2) is 6.29 Å². The Labute approximate surface area is 116 Å². The molecule has 3 heteroatoms. The fourth-order valence-corrected chi connectivity index (χ4v) is 2.63. The van der Waals surface area contributed by atoms with Crippen LogP contribution in [0.2, 0.25) is 5.15 Å². The number of para-hydroxylation sites is 1. The highest BCUT2D eigenvalue weighted by Crippen LogP contribution is 2.31. The van der Waals surface area contributed by atoms with Crippen LogP contribution in [0.4, 0.5) is 0 Å². The molecule has 0 radical (unpaired) electrons. The Morgan fingerprint density at radius 3 is 2.42 bits per heavy atom. The average molecular weight is 270 g/mol. The number of rotatable bonds is 2. The van der Waals surface area contributed by atoms with Gasteiger partial charge in [0.2, 0.25) is 0 Å². The normalized spacial score (nSPS) is 10.8. The summed E-state index contributed by atoms with van der Waals surface area (Å²) in [5.74, 6) is 0. The quantitative estimate of drug-likeness (QED) is 0.632. The van der Waals surface area contributed by atoms with E-state index in [1.165, 1.54) is 5.56 Å². The van der Waals surface area contributed by atoms with Gasteiger partial charge in [-0.15, -0.1) is 0 Å². The molecule has 0 aliphatic heterocycles. The predicted octanol–water partition coefficient (Wildman–Crippen LogP) is 4.40. The lowest BCUT2D eigenvalue weighted by molar-refractivity contribution is 0.112. The minimum atomic E-state index is 0.458. The van der Waals surface area contributed by atoms with E-state index in [9.17, 15) is 4.79 Å². The molecule has 1 aromatic heterocycles. The van der Waals surface area contributed by atoms with Crippen LogP contribution < -0.4 is 0 Å². The van der Waals surface area contributed by atoms with Crippen LogP contribution in [0.15, 0.2) is 48.5 Å². The monoisotopic (exact) mass is 269 g/mol. The molecular formula is C16H12ClNO. The maximum Gasteiger partial charge on any atom is 0.153 e. The average Bonchev–Trinajstić information content (AvgIpc) is 2.71. The fourth-order valence-electron chi connectivity index (χ4n) is 2.29. The number of fused-ring (bicyclic) bond motifs is 1. The first-order chi connectivity index (χ1) is 9.22. The van der Waals surface area contributed by atoms with Crippen LogP contribution >= 0.6 is 11.6 Å². The Balaban J connectivity index is 2.37. The third kappa shape index (κ3) is 1.85. The van der Waals surface area contributed by atoms with Crippen molar-refractivity contribution in [2.75, 3.05) is 0 Å². The van der Waals surface area contributed by atoms with Crippen molar-refractivity contribution in [1.29, 1.82) is 0 Å². The molecule has 0 amide bonds. The highest BCUT2D eigenvalue weighted by atomic mass is 35.5. The molecule has 3 rings (SSSR count). The maximum atomic E-state index is 11.2. The van der Waals surface area contributed by atoms with Gasteiger partial charge in [-0.1, -0.05) is 47.5 Å². The van der Waals surface area contributed by atoms with Gasteiger partial charge in [0.1, 0.15) is 5.15 Å². The van der Waals surface area contributed by atoms with E-state index in [-0.39, 0.29) is 0 Å². The molecule has 1 heterocycles. The van der Waals surface area contributed by atoms with Crippen LogP contribution in [-0.2, 0) is 0 Å². The number of aryl methyl sites for hydroxylation is 1. The predicted molar refractivity (Wildman–Crippen MR) is 78.4 cm³/mol. The van der Waals surface area contributed by atoms with Gasteiger partial charge in [0.25, 0.3) is 0 Å². The van der Waals surface area contributed by atoms with Crippen LogP contribution in [0.3, 0.4) is 0 Å². The van der Waals surface area contributed by atoms with Gasteiger partial charge in [-0.25, -0.2) is 0 Å². The minimum absolute atomic E-state index is 0.458. The number of hydrogen-bond acceptors (Lipinski definition) is 1. The van der Waals surface area contributed by atoms with Gasteiger partial charge in [-0.2, -0.15) is 0 Å². The number of aldehydes is 1. The summed E-state index contributed by atoms with van der Waals surface area (Å²) in [6.07, 6.45) is 0.815. The summed E-state index contributed by atoms with van der Waals surface area (Å²) in [6.45, 7) is 2.04. The molecule has 0 aliphatic rings. The summed E-state index contributed by atoms with van der Waals surface area (Å²) < 4.78 is 1.90. The summed E-state index contributed by atoms with van der Waals surface area (Å²) in [5, 5.41) is 1.34. The lowest BCUT2D eigenvalue weighted by Gasteiger charge is -2.07. The molecule has 0 unspecified atom stereocenters. The zero-order valence-corrected chi connectivity index (χ0v) is 11.2. The first-order valence-corrected chi connectivity index (χ1v) is 6.41. The third-order valence-corrected chi connectivity index (χ3v) is 3.64. The van der Waals surface area contributed by atoms with Crippen molar-refractivity contribution in [3.63, 3.8) is 0 Å². The largest absolute Gasteiger partial charge is 0.300 e. The summed E-state index contributed by atoms with van der Waals surface area (Å²) in [4.78, 5) is 11.2. The van der Waals surface area contributed by atoms with E-state index < -0.39 is 0 Å². The Morgan fingerprint density at radius 1 is 1.05 bits per heavy atom. The molecule has 0 atom stereocenters. The molecule has 3 aromatic rings. The van der Waals surface area contributed by atoms with E-state index in [0.29, 0.717) is 10.7 Å². The van der Waals surface area contributed by atoms with Crippen molar-refractivity contribution < 1.29 is 4.79 Å². The van der Waals surface area contributed by atoms with Crippen molar-refractivity contribution >= 4 is 28.8 Å². The number of hydrogen-bond donors (Lipinski definition) is 0. The van der Waals surface area contributed by atoms with Crippen molar-refractivity contribution in [2.45, 2.75) is 6.92 Å². The van der Waals surface area contributed by atoms with E-state index in [2.05, 4.69) is 0 Å². The molecule has 0 saturated carbocycles. The van der Waals surface area contributed by atoms with Gasteiger partial charge in [0, 0.05) is 11.1 Å². The lowest BCUT2D eigenvalue weighted by atomic mass is 10.2. The molecule has 0 spiro atoms. The van der Waals surface area contributed by atoms with Crippen molar-refractivity contribution in [1.82, 2.24) is 4.57 Å². The second-order valence-electron chi connectivity index (χ2n) is 4.51. The molecule has 94 valence electrons. The Morgan fingerprint density at radius 2 is 1.74 bits per heavy atom. The summed E-state index contributed by atoms with van der Waals surface area (Å²) >= 11 is 6.36. The van der Waals surface area contributed by atoms with Gasteiger partial charge in [-0.3, -0.25) is 9.36 Å². The second-order valence-corrected chi connectivity index (χ2v) is 4.87. The number of halogens is 1. The Bertz CT molecular complexity index is 756. The first kappa shape index (κ1) is 12.0. The summed E-state index contributed by atoms with van der Waals surface area (Å²) in [6, 6.07) is 15.8. The van der Waals surface area contributed by atoms with Crippen molar-refractivity contribution in [3.05, 3.63) is 64.8 Å². The SMILES string of the molecule is Cc1ccc(-n2c(Cl)c(C=O)c3ccccc32)cc1. The topological polar surface area (TPSA) is 22.0 Å². The molecule has 19 heavy (non-hydrogen) atoms. The molecule has 0 saturated heterocycles. The van der Waals surface area contributed by atoms with E-state index in [1.54, 1.807) is 0 Å². The third-order valence-electron chi connectivity index (χ3n) is 3.26. The zero-order chi connectivity index (χ0) is 13.4. The fraction of sp³-hybridized carbons (Fsp3) is 0.0625. The molecule has 0 fully saturated rings. The van der Waals surface area contributed by atoms with Crippen molar-refractivity contribution in [2.24, 2.45) is 0 Å². The van der Waals surface area contributed by atoms with Crippen molar-refractivity contribution in [3.8, 4) is 5.69 Å². The van der Waals surface area contributed by atoms with Crippen LogP contribution in [0.5, 0.6) is 0 Å². The molecular weight excluding hydrogens is 258 g/mol. The first-order valence-electron chi connectivity index (χ1n) is 6.03. The summed E-state index contributed by atoms with van der Waals surface area (Å²) in [5.41, 5.74) is 3.63. The standard InChI is InChI=1S/C16H12ClNO/c1-11-6-8-12(9-7-11)18-15-5-3-2-4-13(15)14(10-19)16(18)17/h2-10H,1H3. The number of nitrogens with zero attached hydrogens (tertiary/aromatic N) is 1. The van der Waals surface area contributed by atoms with E-state index in [4.69, 9.17) is 11.6 Å². The second kappa shape index (κ2) is 4.56. The molecule has 2 aromatic carbocycles. The van der Waals surface area contributed by atoms with Gasteiger partial charge >= 0.3 is 0 Å². The van der Waals surface area contributed by atoms with Crippen LogP contribution in [0, 0.1) is 6.92 Å². The smallest absolute Gasteiger partial charge is 0.153 e. The van der Waals surface area contributed by atoms with Crippen LogP contribution in [-0.4, -0.2) is 10.9 Å². The molecule has 0 bridgehead atoms. The molecule has 2 nitrogen and oxygen atoms in total. The zero-order valence-electron chi connectivity index (χ0n) is 10.4. The molecule has 0 aliphatic carbocycles. The number of carbonyl (C=O) groups is 1. The van der Waals surface area contributed by atoms with Gasteiger partial charge in [-0.05, 0) is 25.1 Å². The number of aromatic nitrogens is 1. The summed E-state index contributed by atoms with van der Waals surface area (Å²) in [7, 11) is 0. The van der Waals surface area contributed by atoms with Crippen LogP contribution in [0.1, 0.15) is 15.9 Å². The number of carbonyl (C=O) groups excluding carboxylic acids is 1. The van der Waals surface area contributed by atoms with E-state index in [0.717, 1.165) is 22.9 Å². The Kier molecular flexibility index (Phi) is 2.88. The number of benzene rings is 2. The molecule has 0 N–H and O–H groups in total. The highest BCUT2D eigenvalue weighted by Gasteiger charge is 2.15. The lowest BCUT2D eigenvalue weighted by Crippen LogP contribution is -1.94. The van der Waals surface area contributed by atoms with Crippen LogP contribution in [0.25, 0.3) is 16.6 Å². The van der Waals surface area contributed by atoms with Gasteiger partial charge in [0.05, 0.1) is 11.1 Å². The Hall–Kier alpha value is -2.06.